The van der Waals surface area contributed by atoms with Gasteiger partial charge in [0.05, 0.1) is 32.7 Å². The normalized spacial score (nSPS) is 13.0. The van der Waals surface area contributed by atoms with Crippen LogP contribution in [-0.2, 0) is 16.1 Å². The van der Waals surface area contributed by atoms with Gasteiger partial charge in [-0.05, 0) is 66.7 Å². The summed E-state index contributed by atoms with van der Waals surface area (Å²) in [5.41, 5.74) is 1.58. The average Bonchev–Trinajstić information content (AvgIpc) is 3.57. The number of benzene rings is 3. The van der Waals surface area contributed by atoms with E-state index in [-0.39, 0.29) is 23.1 Å². The van der Waals surface area contributed by atoms with Crippen LogP contribution in [0.2, 0.25) is 5.02 Å². The monoisotopic (exact) mass is 589 g/mol. The van der Waals surface area contributed by atoms with Crippen molar-refractivity contribution < 1.29 is 28.3 Å². The Kier molecular flexibility index (Phi) is 8.32. The quantitative estimate of drug-likeness (QED) is 0.211. The predicted molar refractivity (Wildman–Crippen MR) is 156 cm³/mol. The number of nitrogens with one attached hydrogen (secondary N) is 2. The van der Waals surface area contributed by atoms with Gasteiger partial charge in [-0.2, -0.15) is 0 Å². The maximum Gasteiger partial charge on any atom is 0.278 e. The SMILES string of the molecule is COc1ccc(NC2=C(Sc3ccc(NC(=O)c4cccc(Cl)c4)cc3)C(=O)N(Cc3ccco3)C2=O)c(OC)c1. The number of methoxy groups -OCH3 is 2. The summed E-state index contributed by atoms with van der Waals surface area (Å²) in [6.45, 7) is -0.0197. The molecule has 0 fully saturated rings. The molecule has 5 rings (SSSR count). The second-order valence-electron chi connectivity index (χ2n) is 8.76. The van der Waals surface area contributed by atoms with Crippen LogP contribution in [-0.4, -0.2) is 36.8 Å². The van der Waals surface area contributed by atoms with E-state index in [4.69, 9.17) is 25.5 Å². The topological polar surface area (TPSA) is 110 Å². The van der Waals surface area contributed by atoms with E-state index < -0.39 is 11.8 Å². The van der Waals surface area contributed by atoms with Crippen molar-refractivity contribution in [3.05, 3.63) is 112 Å². The number of nitrogens with zero attached hydrogens (tertiary/aromatic N) is 1. The van der Waals surface area contributed by atoms with Crippen LogP contribution < -0.4 is 20.1 Å². The van der Waals surface area contributed by atoms with Crippen LogP contribution in [0.3, 0.4) is 0 Å². The third-order valence-corrected chi connectivity index (χ3v) is 7.43. The lowest BCUT2D eigenvalue weighted by Crippen LogP contribution is -2.31. The van der Waals surface area contributed by atoms with Crippen LogP contribution >= 0.6 is 23.4 Å². The van der Waals surface area contributed by atoms with E-state index in [1.807, 2.05) is 0 Å². The van der Waals surface area contributed by atoms with Gasteiger partial charge in [-0.15, -0.1) is 0 Å². The molecule has 0 saturated carbocycles. The Bertz CT molecular complexity index is 1640. The molecule has 0 spiro atoms. The van der Waals surface area contributed by atoms with Crippen molar-refractivity contribution in [3.8, 4) is 11.5 Å². The highest BCUT2D eigenvalue weighted by Crippen LogP contribution is 2.39. The fraction of sp³-hybridized carbons (Fsp3) is 0.100. The number of amides is 3. The molecule has 9 nitrogen and oxygen atoms in total. The molecule has 0 atom stereocenters. The Morgan fingerprint density at radius 2 is 1.76 bits per heavy atom. The molecule has 0 bridgehead atoms. The van der Waals surface area contributed by atoms with E-state index >= 15 is 0 Å². The van der Waals surface area contributed by atoms with Gasteiger partial charge in [0.25, 0.3) is 17.7 Å². The first kappa shape index (κ1) is 27.9. The molecule has 2 N–H and O–H groups in total. The van der Waals surface area contributed by atoms with Gasteiger partial charge >= 0.3 is 0 Å². The molecule has 1 aliphatic heterocycles. The smallest absolute Gasteiger partial charge is 0.278 e. The molecule has 0 aliphatic carbocycles. The lowest BCUT2D eigenvalue weighted by Gasteiger charge is -2.15. The number of hydrogen-bond donors (Lipinski definition) is 2. The highest BCUT2D eigenvalue weighted by atomic mass is 35.5. The van der Waals surface area contributed by atoms with Crippen molar-refractivity contribution in [2.24, 2.45) is 0 Å². The Morgan fingerprint density at radius 1 is 0.951 bits per heavy atom. The molecule has 0 saturated heterocycles. The molecule has 41 heavy (non-hydrogen) atoms. The number of rotatable bonds is 10. The Hall–Kier alpha value is -4.67. The third kappa shape index (κ3) is 6.24. The van der Waals surface area contributed by atoms with Gasteiger partial charge in [0.2, 0.25) is 0 Å². The van der Waals surface area contributed by atoms with E-state index in [9.17, 15) is 14.4 Å². The number of imide groups is 1. The summed E-state index contributed by atoms with van der Waals surface area (Å²) in [7, 11) is 3.04. The number of ether oxygens (including phenoxy) is 2. The molecule has 3 aromatic carbocycles. The summed E-state index contributed by atoms with van der Waals surface area (Å²) in [4.78, 5) is 41.6. The number of anilines is 2. The minimum absolute atomic E-state index is 0.0197. The summed E-state index contributed by atoms with van der Waals surface area (Å²) >= 11 is 7.13. The highest BCUT2D eigenvalue weighted by molar-refractivity contribution is 8.04. The zero-order valence-corrected chi connectivity index (χ0v) is 23.5. The maximum absolute atomic E-state index is 13.5. The standard InChI is InChI=1S/C30H24ClN3O6S/c1-38-21-10-13-24(25(16-21)39-2)33-26-27(30(37)34(29(26)36)17-22-7-4-14-40-22)41-23-11-8-20(9-12-23)32-28(35)18-5-3-6-19(31)15-18/h3-16,33H,17H2,1-2H3,(H,32,35). The molecular weight excluding hydrogens is 566 g/mol. The molecule has 0 unspecified atom stereocenters. The second kappa shape index (κ2) is 12.2. The van der Waals surface area contributed by atoms with Gasteiger partial charge in [-0.1, -0.05) is 29.4 Å². The second-order valence-corrected chi connectivity index (χ2v) is 10.3. The van der Waals surface area contributed by atoms with E-state index in [0.29, 0.717) is 44.1 Å². The Morgan fingerprint density at radius 3 is 2.44 bits per heavy atom. The first-order valence-corrected chi connectivity index (χ1v) is 13.5. The summed E-state index contributed by atoms with van der Waals surface area (Å²) < 4.78 is 16.1. The summed E-state index contributed by atoms with van der Waals surface area (Å²) in [6, 6.07) is 22.1. The number of furan rings is 1. The molecule has 11 heteroatoms. The van der Waals surface area contributed by atoms with Gasteiger partial charge in [0.15, 0.2) is 0 Å². The number of carbonyl (C=O) groups is 3. The summed E-state index contributed by atoms with van der Waals surface area (Å²) in [6.07, 6.45) is 1.48. The van der Waals surface area contributed by atoms with Gasteiger partial charge in [-0.3, -0.25) is 19.3 Å². The molecule has 0 radical (unpaired) electrons. The summed E-state index contributed by atoms with van der Waals surface area (Å²) in [5.74, 6) is 0.208. The van der Waals surface area contributed by atoms with Crippen LogP contribution in [0.5, 0.6) is 11.5 Å². The zero-order valence-electron chi connectivity index (χ0n) is 22.0. The van der Waals surface area contributed by atoms with Crippen LogP contribution in [0, 0.1) is 0 Å². The summed E-state index contributed by atoms with van der Waals surface area (Å²) in [5, 5.41) is 6.39. The minimum atomic E-state index is -0.503. The van der Waals surface area contributed by atoms with Crippen molar-refractivity contribution in [1.29, 1.82) is 0 Å². The minimum Gasteiger partial charge on any atom is -0.497 e. The largest absolute Gasteiger partial charge is 0.497 e. The molecular formula is C30H24ClN3O6S. The zero-order chi connectivity index (χ0) is 28.9. The lowest BCUT2D eigenvalue weighted by molar-refractivity contribution is -0.138. The molecule has 3 amide bonds. The van der Waals surface area contributed by atoms with Crippen LogP contribution in [0.4, 0.5) is 11.4 Å². The van der Waals surface area contributed by atoms with E-state index in [2.05, 4.69) is 10.6 Å². The Balaban J connectivity index is 1.40. The Labute approximate surface area is 245 Å². The van der Waals surface area contributed by atoms with E-state index in [1.54, 1.807) is 86.0 Å². The lowest BCUT2D eigenvalue weighted by atomic mass is 10.2. The number of carbonyl (C=O) groups excluding carboxylic acids is 3. The van der Waals surface area contributed by atoms with Crippen molar-refractivity contribution >= 4 is 52.5 Å². The molecule has 1 aliphatic rings. The molecule has 2 heterocycles. The van der Waals surface area contributed by atoms with Crippen molar-refractivity contribution in [3.63, 3.8) is 0 Å². The average molecular weight is 590 g/mol. The maximum atomic E-state index is 13.5. The van der Waals surface area contributed by atoms with Gasteiger partial charge in [-0.25, -0.2) is 0 Å². The fourth-order valence-corrected chi connectivity index (χ4v) is 5.19. The number of halogens is 1. The third-order valence-electron chi connectivity index (χ3n) is 6.11. The molecule has 208 valence electrons. The van der Waals surface area contributed by atoms with Gasteiger partial charge in [0.1, 0.15) is 27.9 Å². The highest BCUT2D eigenvalue weighted by Gasteiger charge is 2.40. The number of thioether (sulfide) groups is 1. The van der Waals surface area contributed by atoms with Crippen molar-refractivity contribution in [2.45, 2.75) is 11.4 Å². The van der Waals surface area contributed by atoms with E-state index in [0.717, 1.165) is 16.7 Å². The number of hydrogen-bond acceptors (Lipinski definition) is 8. The van der Waals surface area contributed by atoms with Crippen molar-refractivity contribution in [1.82, 2.24) is 4.90 Å². The molecule has 4 aromatic rings. The predicted octanol–water partition coefficient (Wildman–Crippen LogP) is 6.19. The van der Waals surface area contributed by atoms with E-state index in [1.165, 1.54) is 13.4 Å². The first-order chi connectivity index (χ1) is 19.9. The van der Waals surface area contributed by atoms with Crippen LogP contribution in [0.25, 0.3) is 0 Å². The first-order valence-electron chi connectivity index (χ1n) is 12.3. The van der Waals surface area contributed by atoms with Gasteiger partial charge in [0, 0.05) is 27.2 Å². The van der Waals surface area contributed by atoms with Gasteiger partial charge < -0.3 is 24.5 Å². The van der Waals surface area contributed by atoms with Crippen LogP contribution in [0.15, 0.2) is 105 Å². The fourth-order valence-electron chi connectivity index (χ4n) is 4.05. The van der Waals surface area contributed by atoms with Crippen molar-refractivity contribution in [2.75, 3.05) is 24.9 Å². The van der Waals surface area contributed by atoms with Crippen LogP contribution in [0.1, 0.15) is 16.1 Å². The molecule has 1 aromatic heterocycles.